The predicted molar refractivity (Wildman–Crippen MR) is 94.2 cm³/mol. The fourth-order valence-electron chi connectivity index (χ4n) is 2.05. The van der Waals surface area contributed by atoms with Gasteiger partial charge in [-0.2, -0.15) is 13.2 Å². The number of alkyl halides is 3. The smallest absolute Gasteiger partial charge is 0.420 e. The molecule has 4 nitrogen and oxygen atoms in total. The van der Waals surface area contributed by atoms with Crippen molar-refractivity contribution in [2.24, 2.45) is 0 Å². The number of thioether (sulfide) groups is 1. The lowest BCUT2D eigenvalue weighted by Crippen LogP contribution is -2.14. The molecular formula is C18H18F3NO3S. The fourth-order valence-corrected chi connectivity index (χ4v) is 3.07. The van der Waals surface area contributed by atoms with E-state index in [2.05, 4.69) is 4.90 Å². The molecule has 0 spiro atoms. The van der Waals surface area contributed by atoms with E-state index in [9.17, 15) is 18.0 Å². The summed E-state index contributed by atoms with van der Waals surface area (Å²) in [7, 11) is 3.96. The van der Waals surface area contributed by atoms with Crippen molar-refractivity contribution in [2.45, 2.75) is 11.1 Å². The molecule has 0 saturated heterocycles. The third-order valence-corrected chi connectivity index (χ3v) is 4.38. The SMILES string of the molecule is CN(C)CCSc1ccc(Oc2ccc(C(=O)O)cc2C(F)(F)F)cc1. The van der Waals surface area contributed by atoms with Gasteiger partial charge in [0.15, 0.2) is 0 Å². The number of nitrogens with zero attached hydrogens (tertiary/aromatic N) is 1. The molecule has 2 aromatic rings. The number of carboxylic acids is 1. The first kappa shape index (κ1) is 20.1. The normalized spacial score (nSPS) is 11.6. The summed E-state index contributed by atoms with van der Waals surface area (Å²) in [5, 5.41) is 8.88. The molecule has 0 saturated carbocycles. The Morgan fingerprint density at radius 3 is 2.35 bits per heavy atom. The van der Waals surface area contributed by atoms with Crippen LogP contribution < -0.4 is 4.74 Å². The molecule has 0 fully saturated rings. The summed E-state index contributed by atoms with van der Waals surface area (Å²) in [6, 6.07) is 9.39. The summed E-state index contributed by atoms with van der Waals surface area (Å²) >= 11 is 1.63. The van der Waals surface area contributed by atoms with Crippen LogP contribution in [0.15, 0.2) is 47.4 Å². The Morgan fingerprint density at radius 1 is 1.15 bits per heavy atom. The molecule has 0 aromatic heterocycles. The maximum Gasteiger partial charge on any atom is 0.420 e. The highest BCUT2D eigenvalue weighted by atomic mass is 32.2. The molecule has 2 aromatic carbocycles. The van der Waals surface area contributed by atoms with Crippen LogP contribution in [0.25, 0.3) is 0 Å². The molecule has 8 heteroatoms. The second kappa shape index (κ2) is 8.46. The topological polar surface area (TPSA) is 49.8 Å². The number of aromatic carboxylic acids is 1. The van der Waals surface area contributed by atoms with E-state index in [0.717, 1.165) is 29.3 Å². The van der Waals surface area contributed by atoms with Crippen LogP contribution >= 0.6 is 11.8 Å². The second-order valence-electron chi connectivity index (χ2n) is 5.74. The molecule has 1 N–H and O–H groups in total. The Labute approximate surface area is 153 Å². The fraction of sp³-hybridized carbons (Fsp3) is 0.278. The Morgan fingerprint density at radius 2 is 1.81 bits per heavy atom. The van der Waals surface area contributed by atoms with Crippen molar-refractivity contribution < 1.29 is 27.8 Å². The highest BCUT2D eigenvalue weighted by Gasteiger charge is 2.35. The standard InChI is InChI=1S/C18H18F3NO3S/c1-22(2)9-10-26-14-6-4-13(5-7-14)25-16-8-3-12(17(23)24)11-15(16)18(19,20)21/h3-8,11H,9-10H2,1-2H3,(H,23,24). The van der Waals surface area contributed by atoms with Crippen molar-refractivity contribution in [1.82, 2.24) is 4.90 Å². The zero-order valence-electron chi connectivity index (χ0n) is 14.2. The zero-order chi connectivity index (χ0) is 19.3. The van der Waals surface area contributed by atoms with Crippen LogP contribution in [0.5, 0.6) is 11.5 Å². The lowest BCUT2D eigenvalue weighted by molar-refractivity contribution is -0.138. The summed E-state index contributed by atoms with van der Waals surface area (Å²) in [5.74, 6) is -0.727. The maximum absolute atomic E-state index is 13.2. The number of carbonyl (C=O) groups is 1. The number of carboxylic acid groups (broad SMARTS) is 1. The van der Waals surface area contributed by atoms with Crippen LogP contribution in [0, 0.1) is 0 Å². The van der Waals surface area contributed by atoms with E-state index in [1.807, 2.05) is 14.1 Å². The van der Waals surface area contributed by atoms with Gasteiger partial charge in [0.25, 0.3) is 0 Å². The molecule has 0 aliphatic rings. The van der Waals surface area contributed by atoms with Crippen LogP contribution in [-0.2, 0) is 6.18 Å². The molecule has 0 bridgehead atoms. The molecule has 0 unspecified atom stereocenters. The largest absolute Gasteiger partial charge is 0.478 e. The van der Waals surface area contributed by atoms with Gasteiger partial charge in [0.1, 0.15) is 11.5 Å². The van der Waals surface area contributed by atoms with Crippen LogP contribution in [0.4, 0.5) is 13.2 Å². The first-order chi connectivity index (χ1) is 12.2. The monoisotopic (exact) mass is 385 g/mol. The lowest BCUT2D eigenvalue weighted by atomic mass is 10.1. The van der Waals surface area contributed by atoms with Gasteiger partial charge >= 0.3 is 12.1 Å². The van der Waals surface area contributed by atoms with E-state index in [-0.39, 0.29) is 5.75 Å². The van der Waals surface area contributed by atoms with Crippen molar-refractivity contribution in [3.63, 3.8) is 0 Å². The van der Waals surface area contributed by atoms with Crippen LogP contribution in [-0.4, -0.2) is 42.4 Å². The van der Waals surface area contributed by atoms with E-state index in [0.29, 0.717) is 6.07 Å². The molecule has 26 heavy (non-hydrogen) atoms. The average molecular weight is 385 g/mol. The van der Waals surface area contributed by atoms with Gasteiger partial charge in [-0.3, -0.25) is 0 Å². The molecular weight excluding hydrogens is 367 g/mol. The van der Waals surface area contributed by atoms with E-state index < -0.39 is 29.0 Å². The number of hydrogen-bond acceptors (Lipinski definition) is 4. The number of ether oxygens (including phenoxy) is 1. The van der Waals surface area contributed by atoms with E-state index in [1.54, 1.807) is 36.0 Å². The van der Waals surface area contributed by atoms with Crippen LogP contribution in [0.2, 0.25) is 0 Å². The van der Waals surface area contributed by atoms with Gasteiger partial charge in [-0.05, 0) is 56.6 Å². The molecule has 0 radical (unpaired) electrons. The average Bonchev–Trinajstić information content (AvgIpc) is 2.55. The Kier molecular flexibility index (Phi) is 6.55. The number of halogens is 3. The predicted octanol–water partition coefficient (Wildman–Crippen LogP) is 4.85. The molecule has 0 aliphatic heterocycles. The number of rotatable bonds is 7. The second-order valence-corrected chi connectivity index (χ2v) is 6.91. The van der Waals surface area contributed by atoms with Crippen molar-refractivity contribution in [2.75, 3.05) is 26.4 Å². The van der Waals surface area contributed by atoms with Gasteiger partial charge in [-0.15, -0.1) is 11.8 Å². The van der Waals surface area contributed by atoms with E-state index >= 15 is 0 Å². The summed E-state index contributed by atoms with van der Waals surface area (Å²) in [5.41, 5.74) is -1.57. The molecule has 0 heterocycles. The van der Waals surface area contributed by atoms with Gasteiger partial charge < -0.3 is 14.7 Å². The Bertz CT molecular complexity index is 761. The summed E-state index contributed by atoms with van der Waals surface area (Å²) in [6.45, 7) is 0.911. The minimum absolute atomic E-state index is 0.246. The summed E-state index contributed by atoms with van der Waals surface area (Å²) < 4.78 is 44.9. The molecule has 0 atom stereocenters. The number of benzene rings is 2. The Balaban J connectivity index is 2.16. The highest BCUT2D eigenvalue weighted by molar-refractivity contribution is 7.99. The molecule has 140 valence electrons. The van der Waals surface area contributed by atoms with Gasteiger partial charge in [0.2, 0.25) is 0 Å². The highest BCUT2D eigenvalue weighted by Crippen LogP contribution is 2.39. The third kappa shape index (κ3) is 5.67. The van der Waals surface area contributed by atoms with Crippen LogP contribution in [0.3, 0.4) is 0 Å². The van der Waals surface area contributed by atoms with Gasteiger partial charge in [-0.1, -0.05) is 0 Å². The zero-order valence-corrected chi connectivity index (χ0v) is 15.0. The van der Waals surface area contributed by atoms with Gasteiger partial charge in [0, 0.05) is 17.2 Å². The van der Waals surface area contributed by atoms with Gasteiger partial charge in [-0.25, -0.2) is 4.79 Å². The van der Waals surface area contributed by atoms with E-state index in [1.165, 1.54) is 0 Å². The molecule has 2 rings (SSSR count). The first-order valence-electron chi connectivity index (χ1n) is 7.67. The van der Waals surface area contributed by atoms with Crippen molar-refractivity contribution >= 4 is 17.7 Å². The van der Waals surface area contributed by atoms with E-state index in [4.69, 9.17) is 9.84 Å². The molecule has 0 aliphatic carbocycles. The van der Waals surface area contributed by atoms with Gasteiger partial charge in [0.05, 0.1) is 11.1 Å². The minimum atomic E-state index is -4.72. The summed E-state index contributed by atoms with van der Waals surface area (Å²) in [6.07, 6.45) is -4.72. The minimum Gasteiger partial charge on any atom is -0.478 e. The van der Waals surface area contributed by atoms with Crippen molar-refractivity contribution in [3.05, 3.63) is 53.6 Å². The van der Waals surface area contributed by atoms with Crippen molar-refractivity contribution in [1.29, 1.82) is 0 Å². The quantitative estimate of drug-likeness (QED) is 0.691. The first-order valence-corrected chi connectivity index (χ1v) is 8.65. The lowest BCUT2D eigenvalue weighted by Gasteiger charge is -2.14. The maximum atomic E-state index is 13.2. The third-order valence-electron chi connectivity index (χ3n) is 3.39. The van der Waals surface area contributed by atoms with Crippen LogP contribution in [0.1, 0.15) is 15.9 Å². The Hall–Kier alpha value is -2.19. The van der Waals surface area contributed by atoms with Crippen molar-refractivity contribution in [3.8, 4) is 11.5 Å². The molecule has 0 amide bonds. The summed E-state index contributed by atoms with van der Waals surface area (Å²) in [4.78, 5) is 13.9. The number of hydrogen-bond donors (Lipinski definition) is 1.